The molecule has 1 aromatic rings. The van der Waals surface area contributed by atoms with Crippen LogP contribution in [-0.4, -0.2) is 50.6 Å². The van der Waals surface area contributed by atoms with Gasteiger partial charge in [0.2, 0.25) is 0 Å². The number of benzene rings is 1. The fourth-order valence-corrected chi connectivity index (χ4v) is 2.45. The Labute approximate surface area is 142 Å². The number of amides is 3. The van der Waals surface area contributed by atoms with Gasteiger partial charge >= 0.3 is 6.03 Å². The average molecular weight is 338 g/mol. The highest BCUT2D eigenvalue weighted by Gasteiger charge is 2.16. The minimum atomic E-state index is -0.634. The van der Waals surface area contributed by atoms with Gasteiger partial charge in [0.25, 0.3) is 5.91 Å². The molecule has 24 heavy (non-hydrogen) atoms. The van der Waals surface area contributed by atoms with Crippen molar-refractivity contribution in [3.05, 3.63) is 29.6 Å². The number of carbonyl (C=O) groups excluding carboxylic acids is 2. The molecule has 1 rings (SSSR count). The minimum absolute atomic E-state index is 0.00106. The van der Waals surface area contributed by atoms with Crippen LogP contribution in [0.4, 0.5) is 14.9 Å². The molecule has 0 fully saturated rings. The van der Waals surface area contributed by atoms with Gasteiger partial charge in [-0.2, -0.15) is 0 Å². The van der Waals surface area contributed by atoms with E-state index >= 15 is 0 Å². The van der Waals surface area contributed by atoms with Crippen LogP contribution in [-0.2, 0) is 0 Å². The summed E-state index contributed by atoms with van der Waals surface area (Å²) in [6.45, 7) is 4.91. The van der Waals surface area contributed by atoms with Crippen molar-refractivity contribution in [2.75, 3.05) is 33.0 Å². The quantitative estimate of drug-likeness (QED) is 0.714. The number of nitrogens with zero attached hydrogens (tertiary/aromatic N) is 1. The summed E-state index contributed by atoms with van der Waals surface area (Å²) < 4.78 is 13.6. The van der Waals surface area contributed by atoms with Gasteiger partial charge in [0, 0.05) is 25.3 Å². The summed E-state index contributed by atoms with van der Waals surface area (Å²) in [7, 11) is 5.32. The molecule has 0 radical (unpaired) electrons. The molecule has 134 valence electrons. The maximum Gasteiger partial charge on any atom is 0.319 e. The van der Waals surface area contributed by atoms with Gasteiger partial charge in [0.1, 0.15) is 5.82 Å². The van der Waals surface area contributed by atoms with Gasteiger partial charge in [0.15, 0.2) is 0 Å². The van der Waals surface area contributed by atoms with Crippen molar-refractivity contribution >= 4 is 17.6 Å². The molecule has 0 aliphatic carbocycles. The van der Waals surface area contributed by atoms with Crippen molar-refractivity contribution < 1.29 is 14.0 Å². The summed E-state index contributed by atoms with van der Waals surface area (Å²) in [6.07, 6.45) is 0.846. The third kappa shape index (κ3) is 6.54. The van der Waals surface area contributed by atoms with Crippen LogP contribution in [0, 0.1) is 11.7 Å². The molecule has 0 bridgehead atoms. The number of anilines is 1. The predicted molar refractivity (Wildman–Crippen MR) is 93.7 cm³/mol. The van der Waals surface area contributed by atoms with Gasteiger partial charge in [-0.25, -0.2) is 9.18 Å². The van der Waals surface area contributed by atoms with E-state index in [1.807, 2.05) is 19.0 Å². The summed E-state index contributed by atoms with van der Waals surface area (Å²) in [5.41, 5.74) is 0.253. The van der Waals surface area contributed by atoms with E-state index in [9.17, 15) is 14.0 Å². The Kier molecular flexibility index (Phi) is 7.64. The number of hydrogen-bond acceptors (Lipinski definition) is 3. The lowest BCUT2D eigenvalue weighted by molar-refractivity contribution is 0.0959. The van der Waals surface area contributed by atoms with Crippen molar-refractivity contribution in [2.24, 2.45) is 5.92 Å². The lowest BCUT2D eigenvalue weighted by atomic mass is 10.0. The molecular weight excluding hydrogens is 311 g/mol. The number of carbonyl (C=O) groups is 2. The Balaban J connectivity index is 2.77. The van der Waals surface area contributed by atoms with Crippen LogP contribution >= 0.6 is 0 Å². The lowest BCUT2D eigenvalue weighted by Crippen LogP contribution is -2.44. The molecule has 0 saturated carbocycles. The second kappa shape index (κ2) is 9.22. The van der Waals surface area contributed by atoms with Crippen LogP contribution in [0.1, 0.15) is 30.6 Å². The van der Waals surface area contributed by atoms with E-state index < -0.39 is 11.7 Å². The SMILES string of the molecule is CNC(=O)c1cc(NC(=O)NC(CC(C)C)CN(C)C)ccc1F. The average Bonchev–Trinajstić information content (AvgIpc) is 2.46. The van der Waals surface area contributed by atoms with E-state index in [-0.39, 0.29) is 17.6 Å². The molecule has 1 unspecified atom stereocenters. The van der Waals surface area contributed by atoms with E-state index in [0.717, 1.165) is 19.0 Å². The number of nitrogens with one attached hydrogen (secondary N) is 3. The second-order valence-electron chi connectivity index (χ2n) is 6.46. The van der Waals surface area contributed by atoms with Crippen molar-refractivity contribution in [1.82, 2.24) is 15.5 Å². The maximum absolute atomic E-state index is 13.6. The summed E-state index contributed by atoms with van der Waals surface area (Å²) >= 11 is 0. The van der Waals surface area contributed by atoms with Crippen molar-refractivity contribution in [2.45, 2.75) is 26.3 Å². The standard InChI is InChI=1S/C17H27FN4O2/c1-11(2)8-13(10-22(4)5)21-17(24)20-12-6-7-15(18)14(9-12)16(23)19-3/h6-7,9,11,13H,8,10H2,1-5H3,(H,19,23)(H2,20,21,24). The summed E-state index contributed by atoms with van der Waals surface area (Å²) in [5, 5.41) is 7.93. The lowest BCUT2D eigenvalue weighted by Gasteiger charge is -2.24. The van der Waals surface area contributed by atoms with Crippen LogP contribution in [0.2, 0.25) is 0 Å². The van der Waals surface area contributed by atoms with Crippen LogP contribution in [0.5, 0.6) is 0 Å². The molecule has 0 aliphatic rings. The van der Waals surface area contributed by atoms with Crippen LogP contribution in [0.25, 0.3) is 0 Å². The minimum Gasteiger partial charge on any atom is -0.355 e. The van der Waals surface area contributed by atoms with Gasteiger partial charge in [0.05, 0.1) is 5.56 Å². The Hall–Kier alpha value is -2.15. The molecule has 3 N–H and O–H groups in total. The Morgan fingerprint density at radius 3 is 2.46 bits per heavy atom. The number of rotatable bonds is 7. The third-order valence-electron chi connectivity index (χ3n) is 3.37. The molecular formula is C17H27FN4O2. The molecule has 0 aromatic heterocycles. The van der Waals surface area contributed by atoms with Crippen molar-refractivity contribution in [1.29, 1.82) is 0 Å². The fourth-order valence-electron chi connectivity index (χ4n) is 2.45. The van der Waals surface area contributed by atoms with E-state index in [4.69, 9.17) is 0 Å². The van der Waals surface area contributed by atoms with E-state index in [1.165, 1.54) is 19.2 Å². The molecule has 7 heteroatoms. The Morgan fingerprint density at radius 2 is 1.92 bits per heavy atom. The Bertz CT molecular complexity index is 566. The van der Waals surface area contributed by atoms with Gasteiger partial charge in [-0.3, -0.25) is 4.79 Å². The molecule has 6 nitrogen and oxygen atoms in total. The van der Waals surface area contributed by atoms with Crippen LogP contribution in [0.15, 0.2) is 18.2 Å². The first-order valence-corrected chi connectivity index (χ1v) is 7.96. The first-order valence-electron chi connectivity index (χ1n) is 7.96. The smallest absolute Gasteiger partial charge is 0.319 e. The zero-order valence-corrected chi connectivity index (χ0v) is 14.9. The molecule has 0 heterocycles. The number of likely N-dealkylation sites (N-methyl/N-ethyl adjacent to an activating group) is 1. The molecule has 3 amide bonds. The van der Waals surface area contributed by atoms with Crippen LogP contribution in [0.3, 0.4) is 0 Å². The van der Waals surface area contributed by atoms with Gasteiger partial charge in [-0.05, 0) is 44.6 Å². The maximum atomic E-state index is 13.6. The third-order valence-corrected chi connectivity index (χ3v) is 3.37. The Morgan fingerprint density at radius 1 is 1.25 bits per heavy atom. The number of urea groups is 1. The number of hydrogen-bond donors (Lipinski definition) is 3. The molecule has 0 aliphatic heterocycles. The highest BCUT2D eigenvalue weighted by atomic mass is 19.1. The number of halogens is 1. The zero-order valence-electron chi connectivity index (χ0n) is 14.9. The first kappa shape index (κ1) is 19.9. The van der Waals surface area contributed by atoms with Crippen molar-refractivity contribution in [3.63, 3.8) is 0 Å². The molecule has 1 aromatic carbocycles. The summed E-state index contributed by atoms with van der Waals surface area (Å²) in [4.78, 5) is 25.8. The molecule has 0 saturated heterocycles. The molecule has 1 atom stereocenters. The largest absolute Gasteiger partial charge is 0.355 e. The first-order chi connectivity index (χ1) is 11.2. The molecule has 0 spiro atoms. The monoisotopic (exact) mass is 338 g/mol. The normalized spacial score (nSPS) is 12.2. The topological polar surface area (TPSA) is 73.5 Å². The predicted octanol–water partition coefficient (Wildman–Crippen LogP) is 2.28. The van der Waals surface area contributed by atoms with E-state index in [2.05, 4.69) is 29.8 Å². The fraction of sp³-hybridized carbons (Fsp3) is 0.529. The highest BCUT2D eigenvalue weighted by molar-refractivity contribution is 5.97. The summed E-state index contributed by atoms with van der Waals surface area (Å²) in [5.74, 6) is -0.728. The van der Waals surface area contributed by atoms with Gasteiger partial charge < -0.3 is 20.9 Å². The zero-order chi connectivity index (χ0) is 18.3. The van der Waals surface area contributed by atoms with Gasteiger partial charge in [-0.1, -0.05) is 13.8 Å². The summed E-state index contributed by atoms with van der Waals surface area (Å²) in [6, 6.07) is 3.52. The van der Waals surface area contributed by atoms with Crippen molar-refractivity contribution in [3.8, 4) is 0 Å². The van der Waals surface area contributed by atoms with E-state index in [1.54, 1.807) is 0 Å². The van der Waals surface area contributed by atoms with E-state index in [0.29, 0.717) is 11.6 Å². The van der Waals surface area contributed by atoms with Crippen LogP contribution < -0.4 is 16.0 Å². The second-order valence-corrected chi connectivity index (χ2v) is 6.46. The highest BCUT2D eigenvalue weighted by Crippen LogP contribution is 2.15. The van der Waals surface area contributed by atoms with Gasteiger partial charge in [-0.15, -0.1) is 0 Å².